The van der Waals surface area contributed by atoms with Gasteiger partial charge < -0.3 is 14.8 Å². The Morgan fingerprint density at radius 3 is 1.94 bits per heavy atom. The fourth-order valence-electron chi connectivity index (χ4n) is 3.37. The van der Waals surface area contributed by atoms with E-state index in [9.17, 15) is 9.59 Å². The molecule has 0 aliphatic heterocycles. The number of fused-ring (bicyclic) bond motifs is 1. The number of esters is 2. The maximum Gasteiger partial charge on any atom is 0.337 e. The molecule has 0 amide bonds. The molecule has 0 unspecified atom stereocenters. The van der Waals surface area contributed by atoms with Crippen molar-refractivity contribution in [2.45, 2.75) is 13.8 Å². The minimum Gasteiger partial charge on any atom is -0.465 e. The lowest BCUT2D eigenvalue weighted by molar-refractivity contribution is 0.0592. The smallest absolute Gasteiger partial charge is 0.337 e. The molecule has 4 aromatic rings. The van der Waals surface area contributed by atoms with E-state index >= 15 is 0 Å². The van der Waals surface area contributed by atoms with Crippen LogP contribution in [0.25, 0.3) is 16.9 Å². The maximum atomic E-state index is 11.7. The first-order valence-corrected chi connectivity index (χ1v) is 9.79. The van der Waals surface area contributed by atoms with E-state index in [0.717, 1.165) is 22.9 Å². The molecule has 0 aliphatic rings. The number of aryl methyl sites for hydroxylation is 2. The summed E-state index contributed by atoms with van der Waals surface area (Å²) in [4.78, 5) is 37.2. The SMILES string of the molecule is COC(=O)c1ccc(Nc2nc(C)c3nc(C)n(-c4ccc(C(=O)OC)cc4)c3n2)cc1. The number of aromatic nitrogens is 4. The number of benzene rings is 2. The molecule has 9 nitrogen and oxygen atoms in total. The van der Waals surface area contributed by atoms with Gasteiger partial charge in [0.05, 0.1) is 31.0 Å². The predicted molar refractivity (Wildman–Crippen MR) is 119 cm³/mol. The Morgan fingerprint density at radius 1 is 0.812 bits per heavy atom. The highest BCUT2D eigenvalue weighted by Crippen LogP contribution is 2.24. The van der Waals surface area contributed by atoms with Gasteiger partial charge in [0.15, 0.2) is 5.65 Å². The topological polar surface area (TPSA) is 108 Å². The number of carbonyl (C=O) groups is 2. The summed E-state index contributed by atoms with van der Waals surface area (Å²) < 4.78 is 11.4. The van der Waals surface area contributed by atoms with Crippen LogP contribution in [0.1, 0.15) is 32.2 Å². The van der Waals surface area contributed by atoms with Gasteiger partial charge in [-0.1, -0.05) is 0 Å². The highest BCUT2D eigenvalue weighted by molar-refractivity contribution is 5.90. The lowest BCUT2D eigenvalue weighted by atomic mass is 10.2. The molecule has 0 saturated heterocycles. The number of ether oxygens (including phenoxy) is 2. The zero-order valence-corrected chi connectivity index (χ0v) is 18.0. The summed E-state index contributed by atoms with van der Waals surface area (Å²) in [5.74, 6) is 0.338. The van der Waals surface area contributed by atoms with Crippen LogP contribution in [0.15, 0.2) is 48.5 Å². The van der Waals surface area contributed by atoms with Crippen molar-refractivity contribution >= 4 is 34.7 Å². The highest BCUT2D eigenvalue weighted by atomic mass is 16.5. The Labute approximate surface area is 184 Å². The average Bonchev–Trinajstić information content (AvgIpc) is 3.15. The summed E-state index contributed by atoms with van der Waals surface area (Å²) in [6.07, 6.45) is 0. The average molecular weight is 431 g/mol. The van der Waals surface area contributed by atoms with E-state index in [4.69, 9.17) is 9.47 Å². The Kier molecular flexibility index (Phi) is 5.55. The lowest BCUT2D eigenvalue weighted by Crippen LogP contribution is -2.05. The number of rotatable bonds is 5. The summed E-state index contributed by atoms with van der Waals surface area (Å²) in [5.41, 5.74) is 4.49. The van der Waals surface area contributed by atoms with Crippen LogP contribution in [0.2, 0.25) is 0 Å². The molecule has 0 bridgehead atoms. The Bertz CT molecular complexity index is 1310. The van der Waals surface area contributed by atoms with Crippen molar-refractivity contribution in [3.63, 3.8) is 0 Å². The first-order chi connectivity index (χ1) is 15.4. The Balaban J connectivity index is 1.71. The van der Waals surface area contributed by atoms with Crippen molar-refractivity contribution in [3.8, 4) is 5.69 Å². The van der Waals surface area contributed by atoms with Crippen molar-refractivity contribution < 1.29 is 19.1 Å². The lowest BCUT2D eigenvalue weighted by Gasteiger charge is -2.10. The first-order valence-electron chi connectivity index (χ1n) is 9.79. The third kappa shape index (κ3) is 3.87. The molecule has 1 N–H and O–H groups in total. The zero-order valence-electron chi connectivity index (χ0n) is 18.0. The fourth-order valence-corrected chi connectivity index (χ4v) is 3.37. The Hall–Kier alpha value is -4.27. The summed E-state index contributed by atoms with van der Waals surface area (Å²) in [7, 11) is 2.69. The third-order valence-corrected chi connectivity index (χ3v) is 4.96. The Morgan fingerprint density at radius 2 is 1.38 bits per heavy atom. The van der Waals surface area contributed by atoms with Crippen LogP contribution in [0.5, 0.6) is 0 Å². The monoisotopic (exact) mass is 431 g/mol. The minimum atomic E-state index is -0.400. The number of methoxy groups -OCH3 is 2. The predicted octanol–water partition coefficient (Wildman–Crippen LogP) is 3.75. The van der Waals surface area contributed by atoms with Gasteiger partial charge >= 0.3 is 11.9 Å². The van der Waals surface area contributed by atoms with Gasteiger partial charge in [-0.2, -0.15) is 4.98 Å². The van der Waals surface area contributed by atoms with E-state index in [0.29, 0.717) is 28.2 Å². The molecule has 2 aromatic carbocycles. The summed E-state index contributed by atoms with van der Waals surface area (Å²) in [6, 6.07) is 13.9. The van der Waals surface area contributed by atoms with Crippen LogP contribution in [0.4, 0.5) is 11.6 Å². The van der Waals surface area contributed by atoms with Crippen LogP contribution in [0, 0.1) is 13.8 Å². The van der Waals surface area contributed by atoms with E-state index in [1.165, 1.54) is 14.2 Å². The molecule has 9 heteroatoms. The molecule has 32 heavy (non-hydrogen) atoms. The molecular formula is C23H21N5O4. The van der Waals surface area contributed by atoms with Gasteiger partial charge in [0.25, 0.3) is 0 Å². The summed E-state index contributed by atoms with van der Waals surface area (Å²) in [6.45, 7) is 3.75. The fraction of sp³-hybridized carbons (Fsp3) is 0.174. The molecule has 0 saturated carbocycles. The van der Waals surface area contributed by atoms with Gasteiger partial charge in [0.1, 0.15) is 11.3 Å². The van der Waals surface area contributed by atoms with Crippen LogP contribution in [-0.4, -0.2) is 45.7 Å². The van der Waals surface area contributed by atoms with Crippen LogP contribution < -0.4 is 5.32 Å². The largest absolute Gasteiger partial charge is 0.465 e. The molecule has 0 radical (unpaired) electrons. The second-order valence-corrected chi connectivity index (χ2v) is 7.03. The normalized spacial score (nSPS) is 10.8. The van der Waals surface area contributed by atoms with Gasteiger partial charge in [0, 0.05) is 11.4 Å². The number of nitrogens with one attached hydrogen (secondary N) is 1. The van der Waals surface area contributed by atoms with Crippen molar-refractivity contribution in [1.29, 1.82) is 0 Å². The molecule has 2 heterocycles. The number of imidazole rings is 1. The van der Waals surface area contributed by atoms with Gasteiger partial charge in [-0.15, -0.1) is 0 Å². The summed E-state index contributed by atoms with van der Waals surface area (Å²) >= 11 is 0. The highest BCUT2D eigenvalue weighted by Gasteiger charge is 2.16. The second-order valence-electron chi connectivity index (χ2n) is 7.03. The molecule has 4 rings (SSSR count). The van der Waals surface area contributed by atoms with Crippen molar-refractivity contribution in [2.24, 2.45) is 0 Å². The minimum absolute atomic E-state index is 0.396. The quantitative estimate of drug-likeness (QED) is 0.476. The number of hydrogen-bond donors (Lipinski definition) is 1. The van der Waals surface area contributed by atoms with E-state index in [1.807, 2.05) is 30.5 Å². The molecule has 0 spiro atoms. The van der Waals surface area contributed by atoms with Crippen LogP contribution in [0.3, 0.4) is 0 Å². The number of anilines is 2. The molecular weight excluding hydrogens is 410 g/mol. The molecule has 0 atom stereocenters. The molecule has 162 valence electrons. The number of carbonyl (C=O) groups excluding carboxylic acids is 2. The van der Waals surface area contributed by atoms with Crippen molar-refractivity contribution in [2.75, 3.05) is 19.5 Å². The molecule has 2 aromatic heterocycles. The van der Waals surface area contributed by atoms with Gasteiger partial charge in [-0.05, 0) is 62.4 Å². The standard InChI is InChI=1S/C23H21N5O4/c1-13-19-20(27-23(24-13)26-17-9-5-15(6-10-17)21(29)31-3)28(14(2)25-19)18-11-7-16(8-12-18)22(30)32-4/h5-12H,1-4H3,(H,24,26,27). The second kappa shape index (κ2) is 8.46. The number of nitrogens with zero attached hydrogens (tertiary/aromatic N) is 4. The third-order valence-electron chi connectivity index (χ3n) is 4.96. The number of hydrogen-bond acceptors (Lipinski definition) is 8. The summed E-state index contributed by atoms with van der Waals surface area (Å²) in [5, 5.41) is 3.16. The maximum absolute atomic E-state index is 11.7. The van der Waals surface area contributed by atoms with E-state index < -0.39 is 11.9 Å². The first kappa shape index (κ1) is 21.0. The van der Waals surface area contributed by atoms with Gasteiger partial charge in [-0.25, -0.2) is 19.6 Å². The molecule has 0 aliphatic carbocycles. The van der Waals surface area contributed by atoms with E-state index in [-0.39, 0.29) is 0 Å². The van der Waals surface area contributed by atoms with Crippen LogP contribution >= 0.6 is 0 Å². The van der Waals surface area contributed by atoms with Crippen molar-refractivity contribution in [3.05, 3.63) is 71.2 Å². The molecule has 0 fully saturated rings. The zero-order chi connectivity index (χ0) is 22.8. The van der Waals surface area contributed by atoms with E-state index in [2.05, 4.69) is 20.3 Å². The van der Waals surface area contributed by atoms with Crippen molar-refractivity contribution in [1.82, 2.24) is 19.5 Å². The van der Waals surface area contributed by atoms with Crippen LogP contribution in [-0.2, 0) is 9.47 Å². The van der Waals surface area contributed by atoms with Gasteiger partial charge in [0.2, 0.25) is 5.95 Å². The van der Waals surface area contributed by atoms with Gasteiger partial charge in [-0.3, -0.25) is 4.57 Å². The van der Waals surface area contributed by atoms with E-state index in [1.54, 1.807) is 36.4 Å².